The number of hydrogen-bond donors (Lipinski definition) is 1. The second-order valence-corrected chi connectivity index (χ2v) is 8.86. The molecule has 30 heavy (non-hydrogen) atoms. The Morgan fingerprint density at radius 1 is 0.933 bits per heavy atom. The smallest absolute Gasteiger partial charge is 0.160 e. The van der Waals surface area contributed by atoms with Crippen LogP contribution in [0.1, 0.15) is 52.5 Å². The number of pyridine rings is 1. The van der Waals surface area contributed by atoms with Crippen LogP contribution >= 0.6 is 0 Å². The van der Waals surface area contributed by atoms with Gasteiger partial charge in [-0.15, -0.1) is 0 Å². The van der Waals surface area contributed by atoms with Crippen LogP contribution in [0.25, 0.3) is 11.2 Å². The lowest BCUT2D eigenvalue weighted by molar-refractivity contribution is 0.738. The minimum Gasteiger partial charge on any atom is -0.355 e. The number of aryl methyl sites for hydroxylation is 4. The highest BCUT2D eigenvalue weighted by molar-refractivity contribution is 5.76. The third-order valence-corrected chi connectivity index (χ3v) is 6.45. The van der Waals surface area contributed by atoms with Gasteiger partial charge in [-0.25, -0.2) is 9.97 Å². The Morgan fingerprint density at radius 2 is 1.73 bits per heavy atom. The number of nitrogens with zero attached hydrogens (tertiary/aromatic N) is 3. The van der Waals surface area contributed by atoms with E-state index in [0.717, 1.165) is 36.2 Å². The molecule has 1 aliphatic carbocycles. The molecular formula is C26H26N4. The van der Waals surface area contributed by atoms with Gasteiger partial charge in [0.2, 0.25) is 0 Å². The molecule has 4 nitrogen and oxygen atoms in total. The second kappa shape index (κ2) is 6.69. The highest BCUT2D eigenvalue weighted by Gasteiger charge is 2.30. The lowest BCUT2D eigenvalue weighted by Crippen LogP contribution is -2.06. The first-order valence-corrected chi connectivity index (χ1v) is 11.0. The number of benzene rings is 2. The van der Waals surface area contributed by atoms with Gasteiger partial charge in [0.15, 0.2) is 5.65 Å². The van der Waals surface area contributed by atoms with Gasteiger partial charge in [0.05, 0.1) is 6.54 Å². The molecule has 0 radical (unpaired) electrons. The fourth-order valence-corrected chi connectivity index (χ4v) is 4.76. The van der Waals surface area contributed by atoms with Gasteiger partial charge in [0.1, 0.15) is 11.3 Å². The van der Waals surface area contributed by atoms with Gasteiger partial charge in [0.25, 0.3) is 0 Å². The Labute approximate surface area is 177 Å². The van der Waals surface area contributed by atoms with Gasteiger partial charge in [-0.1, -0.05) is 30.3 Å². The summed E-state index contributed by atoms with van der Waals surface area (Å²) < 4.78 is 2.37. The van der Waals surface area contributed by atoms with E-state index in [9.17, 15) is 0 Å². The average molecular weight is 395 g/mol. The summed E-state index contributed by atoms with van der Waals surface area (Å²) in [5.74, 6) is 1.81. The molecule has 0 saturated heterocycles. The van der Waals surface area contributed by atoms with Crippen LogP contribution in [0.4, 0.5) is 11.4 Å². The van der Waals surface area contributed by atoms with Crippen molar-refractivity contribution in [3.63, 3.8) is 0 Å². The monoisotopic (exact) mass is 394 g/mol. The molecule has 2 aromatic carbocycles. The van der Waals surface area contributed by atoms with Crippen molar-refractivity contribution >= 4 is 22.5 Å². The maximum Gasteiger partial charge on any atom is 0.160 e. The van der Waals surface area contributed by atoms with Crippen LogP contribution in [0, 0.1) is 13.8 Å². The molecule has 6 rings (SSSR count). The molecule has 3 heterocycles. The summed E-state index contributed by atoms with van der Waals surface area (Å²) in [6.45, 7) is 5.06. The quantitative estimate of drug-likeness (QED) is 0.476. The van der Waals surface area contributed by atoms with Gasteiger partial charge >= 0.3 is 0 Å². The molecule has 0 atom stereocenters. The molecule has 2 aromatic heterocycles. The van der Waals surface area contributed by atoms with E-state index >= 15 is 0 Å². The Morgan fingerprint density at radius 3 is 2.60 bits per heavy atom. The number of hydrogen-bond acceptors (Lipinski definition) is 3. The van der Waals surface area contributed by atoms with Crippen molar-refractivity contribution < 1.29 is 0 Å². The Bertz CT molecular complexity index is 1280. The van der Waals surface area contributed by atoms with Crippen molar-refractivity contribution in [2.45, 2.75) is 52.0 Å². The Hall–Kier alpha value is -3.14. The molecule has 2 aliphatic rings. The first-order valence-electron chi connectivity index (χ1n) is 11.0. The number of anilines is 2. The van der Waals surface area contributed by atoms with E-state index < -0.39 is 0 Å². The van der Waals surface area contributed by atoms with Crippen LogP contribution in [-0.2, 0) is 19.4 Å². The number of nitrogens with one attached hydrogen (secondary N) is 1. The standard InChI is InChI=1S/C26H26N4/c1-16-13-17(2)27-26-24(16)29-25(20-9-10-20)30(26)15-18-7-12-23-21(14-18)11-8-19-5-3-4-6-22(19)28-23/h3-7,12-14,20,28H,8-11,15H2,1-2H3. The zero-order valence-corrected chi connectivity index (χ0v) is 17.6. The maximum atomic E-state index is 5.03. The predicted octanol–water partition coefficient (Wildman–Crippen LogP) is 5.82. The molecule has 0 spiro atoms. The van der Waals surface area contributed by atoms with E-state index in [2.05, 4.69) is 72.3 Å². The van der Waals surface area contributed by atoms with Crippen LogP contribution < -0.4 is 5.32 Å². The van der Waals surface area contributed by atoms with Crippen molar-refractivity contribution in [1.82, 2.24) is 14.5 Å². The number of aromatic nitrogens is 3. The Balaban J connectivity index is 1.39. The van der Waals surface area contributed by atoms with Gasteiger partial charge in [-0.2, -0.15) is 0 Å². The lowest BCUT2D eigenvalue weighted by Gasteiger charge is -2.13. The molecule has 0 amide bonds. The van der Waals surface area contributed by atoms with Crippen molar-refractivity contribution in [3.8, 4) is 0 Å². The van der Waals surface area contributed by atoms with E-state index in [0.29, 0.717) is 5.92 Å². The fraction of sp³-hybridized carbons (Fsp3) is 0.308. The fourth-order valence-electron chi connectivity index (χ4n) is 4.76. The van der Waals surface area contributed by atoms with Crippen LogP contribution in [0.15, 0.2) is 48.5 Å². The second-order valence-electron chi connectivity index (χ2n) is 8.86. The molecule has 150 valence electrons. The molecule has 1 N–H and O–H groups in total. The normalized spacial score (nSPS) is 15.4. The molecule has 4 heteroatoms. The Kier molecular flexibility index (Phi) is 3.95. The molecule has 4 aromatic rings. The lowest BCUT2D eigenvalue weighted by atomic mass is 10.0. The predicted molar refractivity (Wildman–Crippen MR) is 122 cm³/mol. The minimum atomic E-state index is 0.593. The van der Waals surface area contributed by atoms with Gasteiger partial charge in [0, 0.05) is 23.0 Å². The van der Waals surface area contributed by atoms with E-state index in [-0.39, 0.29) is 0 Å². The van der Waals surface area contributed by atoms with Crippen molar-refractivity contribution in [3.05, 3.63) is 82.3 Å². The summed E-state index contributed by atoms with van der Waals surface area (Å²) in [7, 11) is 0. The molecule has 1 saturated carbocycles. The third-order valence-electron chi connectivity index (χ3n) is 6.45. The van der Waals surface area contributed by atoms with Crippen molar-refractivity contribution in [1.29, 1.82) is 0 Å². The van der Waals surface area contributed by atoms with E-state index in [1.54, 1.807) is 0 Å². The highest BCUT2D eigenvalue weighted by atomic mass is 15.1. The van der Waals surface area contributed by atoms with E-state index in [1.165, 1.54) is 52.3 Å². The minimum absolute atomic E-state index is 0.593. The zero-order chi connectivity index (χ0) is 20.2. The molecule has 1 fully saturated rings. The van der Waals surface area contributed by atoms with Gasteiger partial charge in [-0.05, 0) is 80.0 Å². The van der Waals surface area contributed by atoms with Crippen molar-refractivity contribution in [2.75, 3.05) is 5.32 Å². The summed E-state index contributed by atoms with van der Waals surface area (Å²) in [4.78, 5) is 9.91. The number of fused-ring (bicyclic) bond motifs is 3. The molecule has 1 aliphatic heterocycles. The van der Waals surface area contributed by atoms with Crippen molar-refractivity contribution in [2.24, 2.45) is 0 Å². The summed E-state index contributed by atoms with van der Waals surface area (Å²) in [6.07, 6.45) is 4.62. The topological polar surface area (TPSA) is 42.7 Å². The van der Waals surface area contributed by atoms with Crippen LogP contribution in [-0.4, -0.2) is 14.5 Å². The van der Waals surface area contributed by atoms with Crippen LogP contribution in [0.5, 0.6) is 0 Å². The first-order chi connectivity index (χ1) is 14.7. The summed E-state index contributed by atoms with van der Waals surface area (Å²) in [5, 5.41) is 3.64. The van der Waals surface area contributed by atoms with Crippen LogP contribution in [0.3, 0.4) is 0 Å². The number of rotatable bonds is 3. The van der Waals surface area contributed by atoms with Crippen LogP contribution in [0.2, 0.25) is 0 Å². The molecular weight excluding hydrogens is 368 g/mol. The zero-order valence-electron chi connectivity index (χ0n) is 17.6. The third kappa shape index (κ3) is 2.98. The number of para-hydroxylation sites is 1. The average Bonchev–Trinajstić information content (AvgIpc) is 3.54. The summed E-state index contributed by atoms with van der Waals surface area (Å²) in [5.41, 5.74) is 11.0. The van der Waals surface area contributed by atoms with E-state index in [1.807, 2.05) is 0 Å². The molecule has 0 bridgehead atoms. The largest absolute Gasteiger partial charge is 0.355 e. The maximum absolute atomic E-state index is 5.03. The highest BCUT2D eigenvalue weighted by Crippen LogP contribution is 2.41. The summed E-state index contributed by atoms with van der Waals surface area (Å²) in [6, 6.07) is 17.6. The number of imidazole rings is 1. The first kappa shape index (κ1) is 17.7. The SMILES string of the molecule is Cc1cc(C)c2nc(C3CC3)n(Cc3ccc4c(c3)CCc3ccccc3N4)c2n1. The van der Waals surface area contributed by atoms with E-state index in [4.69, 9.17) is 9.97 Å². The van der Waals surface area contributed by atoms with Gasteiger partial charge < -0.3 is 9.88 Å². The van der Waals surface area contributed by atoms with Gasteiger partial charge in [-0.3, -0.25) is 0 Å². The summed E-state index contributed by atoms with van der Waals surface area (Å²) >= 11 is 0. The molecule has 0 unspecified atom stereocenters.